The molecule has 0 saturated heterocycles. The van der Waals surface area contributed by atoms with E-state index in [0.717, 1.165) is 6.34 Å². The summed E-state index contributed by atoms with van der Waals surface area (Å²) in [6, 6.07) is 0. The van der Waals surface area contributed by atoms with Crippen LogP contribution in [0.3, 0.4) is 0 Å². The van der Waals surface area contributed by atoms with Crippen molar-refractivity contribution in [1.29, 1.82) is 5.26 Å². The van der Waals surface area contributed by atoms with E-state index in [1.807, 2.05) is 0 Å². The third-order valence-electron chi connectivity index (χ3n) is 0.197. The average molecular weight is 84.1 g/mol. The van der Waals surface area contributed by atoms with Gasteiger partial charge in [0, 0.05) is 0 Å². The van der Waals surface area contributed by atoms with Crippen LogP contribution in [-0.2, 0) is 0 Å². The Morgan fingerprint density at radius 1 is 2.00 bits per heavy atom. The predicted molar refractivity (Wildman–Crippen MR) is 21.4 cm³/mol. The average Bonchev–Trinajstić information content (AvgIpc) is 1.61. The SMILES string of the molecule is N#CN=CNN. The summed E-state index contributed by atoms with van der Waals surface area (Å²) in [4.78, 5) is 3.03. The van der Waals surface area contributed by atoms with Crippen molar-refractivity contribution in [2.75, 3.05) is 0 Å². The molecule has 0 spiro atoms. The third kappa shape index (κ3) is 2.92. The van der Waals surface area contributed by atoms with Gasteiger partial charge in [-0.15, -0.1) is 0 Å². The highest BCUT2D eigenvalue weighted by Gasteiger charge is 1.53. The van der Waals surface area contributed by atoms with Crippen LogP contribution in [0.5, 0.6) is 0 Å². The summed E-state index contributed by atoms with van der Waals surface area (Å²) < 4.78 is 0. The quantitative estimate of drug-likeness (QED) is 0.140. The Bertz CT molecular complexity index is 78.0. The highest BCUT2D eigenvalue weighted by Crippen LogP contribution is 1.45. The van der Waals surface area contributed by atoms with Crippen molar-refractivity contribution in [3.8, 4) is 6.19 Å². The van der Waals surface area contributed by atoms with Crippen LogP contribution in [0.4, 0.5) is 0 Å². The molecule has 0 rings (SSSR count). The lowest BCUT2D eigenvalue weighted by molar-refractivity contribution is 1.05. The second-order valence-electron chi connectivity index (χ2n) is 0.525. The molecular weight excluding hydrogens is 80.1 g/mol. The highest BCUT2D eigenvalue weighted by molar-refractivity contribution is 5.54. The van der Waals surface area contributed by atoms with Gasteiger partial charge >= 0.3 is 0 Å². The van der Waals surface area contributed by atoms with Gasteiger partial charge in [-0.3, -0.25) is 0 Å². The Kier molecular flexibility index (Phi) is 3.21. The largest absolute Gasteiger partial charge is 0.314 e. The van der Waals surface area contributed by atoms with Crippen molar-refractivity contribution >= 4 is 6.34 Å². The summed E-state index contributed by atoms with van der Waals surface area (Å²) in [6.45, 7) is 0. The first-order valence-corrected chi connectivity index (χ1v) is 1.28. The van der Waals surface area contributed by atoms with Crippen molar-refractivity contribution in [2.45, 2.75) is 0 Å². The summed E-state index contributed by atoms with van der Waals surface area (Å²) >= 11 is 0. The molecule has 0 aromatic rings. The van der Waals surface area contributed by atoms with Gasteiger partial charge in [0.2, 0.25) is 6.19 Å². The minimum Gasteiger partial charge on any atom is -0.314 e. The van der Waals surface area contributed by atoms with E-state index in [0.29, 0.717) is 0 Å². The number of nitrogens with one attached hydrogen (secondary N) is 1. The molecule has 4 nitrogen and oxygen atoms in total. The van der Waals surface area contributed by atoms with Crippen LogP contribution in [0.15, 0.2) is 4.99 Å². The number of rotatable bonds is 1. The molecule has 6 heavy (non-hydrogen) atoms. The molecule has 0 saturated carbocycles. The van der Waals surface area contributed by atoms with Gasteiger partial charge in [-0.2, -0.15) is 10.3 Å². The maximum atomic E-state index is 7.65. The van der Waals surface area contributed by atoms with Crippen molar-refractivity contribution in [3.05, 3.63) is 0 Å². The lowest BCUT2D eigenvalue weighted by Crippen LogP contribution is -2.18. The number of nitrogens with zero attached hydrogens (tertiary/aromatic N) is 2. The molecule has 0 atom stereocenters. The molecular formula is C2H4N4. The van der Waals surface area contributed by atoms with Crippen LogP contribution < -0.4 is 11.3 Å². The van der Waals surface area contributed by atoms with Gasteiger partial charge < -0.3 is 5.43 Å². The van der Waals surface area contributed by atoms with Crippen LogP contribution in [0.25, 0.3) is 0 Å². The van der Waals surface area contributed by atoms with Gasteiger partial charge in [-0.1, -0.05) is 0 Å². The molecule has 0 radical (unpaired) electrons. The Balaban J connectivity index is 3.02. The van der Waals surface area contributed by atoms with E-state index in [9.17, 15) is 0 Å². The Hall–Kier alpha value is -1.08. The first-order valence-electron chi connectivity index (χ1n) is 1.28. The number of nitrogens with two attached hydrogens (primary N) is 1. The fourth-order valence-electron chi connectivity index (χ4n) is 0.0661. The minimum absolute atomic E-state index is 1.10. The first-order chi connectivity index (χ1) is 2.91. The number of aliphatic imine (C=N–C) groups is 1. The summed E-state index contributed by atoms with van der Waals surface area (Å²) in [6.07, 6.45) is 2.59. The maximum absolute atomic E-state index is 7.65. The highest BCUT2D eigenvalue weighted by atomic mass is 15.2. The fraction of sp³-hybridized carbons (Fsp3) is 0. The maximum Gasteiger partial charge on any atom is 0.207 e. The van der Waals surface area contributed by atoms with Gasteiger partial charge in [0.1, 0.15) is 6.34 Å². The van der Waals surface area contributed by atoms with Crippen LogP contribution in [-0.4, -0.2) is 6.34 Å². The molecule has 0 unspecified atom stereocenters. The van der Waals surface area contributed by atoms with Crippen molar-refractivity contribution in [3.63, 3.8) is 0 Å². The van der Waals surface area contributed by atoms with Gasteiger partial charge in [-0.05, 0) is 0 Å². The van der Waals surface area contributed by atoms with E-state index in [4.69, 9.17) is 5.26 Å². The molecule has 3 N–H and O–H groups in total. The lowest BCUT2D eigenvalue weighted by atomic mass is 11.2. The summed E-state index contributed by atoms with van der Waals surface area (Å²) in [5.41, 5.74) is 2.05. The Labute approximate surface area is 35.3 Å². The number of nitriles is 1. The van der Waals surface area contributed by atoms with E-state index >= 15 is 0 Å². The van der Waals surface area contributed by atoms with Gasteiger partial charge in [-0.25, -0.2) is 5.84 Å². The van der Waals surface area contributed by atoms with Crippen molar-refractivity contribution in [1.82, 2.24) is 5.43 Å². The standard InChI is InChI=1S/C2H4N4/c3-1-5-2-6-4/h2H,4H2,(H,5,6). The molecule has 0 fully saturated rings. The van der Waals surface area contributed by atoms with E-state index in [2.05, 4.69) is 16.3 Å². The zero-order chi connectivity index (χ0) is 4.83. The Morgan fingerprint density at radius 3 is 2.83 bits per heavy atom. The smallest absolute Gasteiger partial charge is 0.207 e. The molecule has 0 aliphatic heterocycles. The van der Waals surface area contributed by atoms with E-state index < -0.39 is 0 Å². The molecule has 0 aliphatic carbocycles. The van der Waals surface area contributed by atoms with Gasteiger partial charge in [0.15, 0.2) is 0 Å². The van der Waals surface area contributed by atoms with Crippen LogP contribution in [0.2, 0.25) is 0 Å². The zero-order valence-corrected chi connectivity index (χ0v) is 3.05. The van der Waals surface area contributed by atoms with E-state index in [1.54, 1.807) is 0 Å². The lowest BCUT2D eigenvalue weighted by Gasteiger charge is -1.73. The van der Waals surface area contributed by atoms with Gasteiger partial charge in [0.05, 0.1) is 0 Å². The molecule has 0 aromatic carbocycles. The van der Waals surface area contributed by atoms with Crippen molar-refractivity contribution in [2.24, 2.45) is 10.8 Å². The first kappa shape index (κ1) is 4.92. The molecule has 4 heteroatoms. The predicted octanol–water partition coefficient (Wildman–Crippen LogP) is -1.04. The topological polar surface area (TPSA) is 74.2 Å². The number of hydrogen-bond acceptors (Lipinski definition) is 3. The Morgan fingerprint density at radius 2 is 2.67 bits per heavy atom. The van der Waals surface area contributed by atoms with Crippen LogP contribution in [0.1, 0.15) is 0 Å². The molecule has 0 amide bonds. The second kappa shape index (κ2) is 3.92. The fourth-order valence-corrected chi connectivity index (χ4v) is 0.0661. The van der Waals surface area contributed by atoms with E-state index in [-0.39, 0.29) is 0 Å². The molecule has 0 heterocycles. The normalized spacial score (nSPS) is 8.00. The summed E-state index contributed by atoms with van der Waals surface area (Å²) in [5, 5.41) is 7.65. The number of hydrogen-bond donors (Lipinski definition) is 2. The van der Waals surface area contributed by atoms with Crippen molar-refractivity contribution < 1.29 is 0 Å². The molecule has 32 valence electrons. The van der Waals surface area contributed by atoms with Crippen LogP contribution >= 0.6 is 0 Å². The second-order valence-corrected chi connectivity index (χ2v) is 0.525. The third-order valence-corrected chi connectivity index (χ3v) is 0.197. The molecule has 0 bridgehead atoms. The summed E-state index contributed by atoms with van der Waals surface area (Å²) in [5.74, 6) is 4.66. The van der Waals surface area contributed by atoms with Crippen LogP contribution in [0, 0.1) is 11.5 Å². The number of hydrazine groups is 1. The molecule has 0 aromatic heterocycles. The monoisotopic (exact) mass is 84.0 g/mol. The van der Waals surface area contributed by atoms with Gasteiger partial charge in [0.25, 0.3) is 0 Å². The van der Waals surface area contributed by atoms with E-state index in [1.165, 1.54) is 6.19 Å². The molecule has 0 aliphatic rings. The zero-order valence-electron chi connectivity index (χ0n) is 3.05. The minimum atomic E-state index is 1.10. The summed E-state index contributed by atoms with van der Waals surface area (Å²) in [7, 11) is 0.